The van der Waals surface area contributed by atoms with Crippen LogP contribution in [-0.4, -0.2) is 49.3 Å². The van der Waals surface area contributed by atoms with Gasteiger partial charge in [0.05, 0.1) is 19.5 Å². The van der Waals surface area contributed by atoms with Crippen molar-refractivity contribution in [1.82, 2.24) is 4.90 Å². The van der Waals surface area contributed by atoms with Crippen LogP contribution in [0.15, 0.2) is 24.3 Å². The van der Waals surface area contributed by atoms with Gasteiger partial charge in [-0.05, 0) is 38.2 Å². The molecule has 1 aromatic carbocycles. The van der Waals surface area contributed by atoms with Crippen LogP contribution < -0.4 is 0 Å². The Morgan fingerprint density at radius 1 is 1.35 bits per heavy atom. The number of carbonyl (C=O) groups is 1. The molecule has 2 aliphatic rings. The number of ether oxygens (including phenoxy) is 2. The van der Waals surface area contributed by atoms with E-state index in [1.165, 1.54) is 5.56 Å². The van der Waals surface area contributed by atoms with Crippen molar-refractivity contribution in [2.45, 2.75) is 38.7 Å². The van der Waals surface area contributed by atoms with Gasteiger partial charge in [-0.3, -0.25) is 4.79 Å². The summed E-state index contributed by atoms with van der Waals surface area (Å²) in [5.41, 5.74) is 2.21. The van der Waals surface area contributed by atoms with Crippen molar-refractivity contribution in [3.05, 3.63) is 35.4 Å². The topological polar surface area (TPSA) is 38.8 Å². The molecule has 0 aromatic heterocycles. The van der Waals surface area contributed by atoms with Crippen LogP contribution in [-0.2, 0) is 20.7 Å². The van der Waals surface area contributed by atoms with E-state index in [1.54, 1.807) is 0 Å². The minimum Gasteiger partial charge on any atom is -0.382 e. The summed E-state index contributed by atoms with van der Waals surface area (Å²) in [5, 5.41) is 0. The van der Waals surface area contributed by atoms with Crippen molar-refractivity contribution in [2.75, 3.05) is 32.9 Å². The number of rotatable bonds is 6. The second kappa shape index (κ2) is 7.02. The molecule has 1 aromatic rings. The van der Waals surface area contributed by atoms with Crippen LogP contribution in [0.3, 0.4) is 0 Å². The summed E-state index contributed by atoms with van der Waals surface area (Å²) in [6.45, 7) is 7.95. The summed E-state index contributed by atoms with van der Waals surface area (Å²) in [7, 11) is 0. The van der Waals surface area contributed by atoms with Gasteiger partial charge < -0.3 is 14.4 Å². The molecule has 0 aliphatic carbocycles. The first kappa shape index (κ1) is 16.5. The molecule has 126 valence electrons. The highest BCUT2D eigenvalue weighted by Gasteiger charge is 2.53. The maximum Gasteiger partial charge on any atom is 0.227 e. The molecule has 4 nitrogen and oxygen atoms in total. The van der Waals surface area contributed by atoms with Gasteiger partial charge in [0.15, 0.2) is 0 Å². The highest BCUT2D eigenvalue weighted by molar-refractivity contribution is 5.80. The van der Waals surface area contributed by atoms with Crippen molar-refractivity contribution >= 4 is 5.91 Å². The third-order valence-electron chi connectivity index (χ3n) is 5.16. The van der Waals surface area contributed by atoms with E-state index in [0.29, 0.717) is 12.3 Å². The molecule has 4 heteroatoms. The molecule has 2 fully saturated rings. The van der Waals surface area contributed by atoms with Crippen LogP contribution in [0, 0.1) is 12.8 Å². The van der Waals surface area contributed by atoms with Crippen molar-refractivity contribution < 1.29 is 14.3 Å². The molecule has 1 amide bonds. The minimum atomic E-state index is -0.0972. The van der Waals surface area contributed by atoms with Crippen LogP contribution in [0.25, 0.3) is 0 Å². The van der Waals surface area contributed by atoms with Crippen molar-refractivity contribution in [1.29, 1.82) is 0 Å². The van der Waals surface area contributed by atoms with Crippen LogP contribution in [0.2, 0.25) is 0 Å². The molecule has 1 spiro atoms. The standard InChI is InChI=1S/C19H27NO3/c1-3-22-10-8-17-9-11-23-19(17)13-20(14-19)18(21)12-16-6-4-15(2)5-7-16/h4-7,17H,3,8-14H2,1-2H3/t17-/m1/s1. The molecule has 2 heterocycles. The molecule has 0 N–H and O–H groups in total. The Kier molecular flexibility index (Phi) is 5.02. The summed E-state index contributed by atoms with van der Waals surface area (Å²) >= 11 is 0. The first-order valence-corrected chi connectivity index (χ1v) is 8.68. The fourth-order valence-electron chi connectivity index (χ4n) is 3.68. The largest absolute Gasteiger partial charge is 0.382 e. The van der Waals surface area contributed by atoms with Gasteiger partial charge in [-0.2, -0.15) is 0 Å². The number of nitrogens with zero attached hydrogens (tertiary/aromatic N) is 1. The van der Waals surface area contributed by atoms with Crippen LogP contribution in [0.1, 0.15) is 30.9 Å². The van der Waals surface area contributed by atoms with Gasteiger partial charge in [-0.15, -0.1) is 0 Å². The fourth-order valence-corrected chi connectivity index (χ4v) is 3.68. The van der Waals surface area contributed by atoms with E-state index in [0.717, 1.165) is 51.3 Å². The van der Waals surface area contributed by atoms with Crippen molar-refractivity contribution in [3.63, 3.8) is 0 Å². The lowest BCUT2D eigenvalue weighted by Gasteiger charge is -2.50. The second-order valence-corrected chi connectivity index (χ2v) is 6.80. The van der Waals surface area contributed by atoms with Gasteiger partial charge in [0.1, 0.15) is 5.60 Å². The number of amides is 1. The summed E-state index contributed by atoms with van der Waals surface area (Å²) in [5.74, 6) is 0.732. The Morgan fingerprint density at radius 3 is 2.78 bits per heavy atom. The monoisotopic (exact) mass is 317 g/mol. The number of hydrogen-bond donors (Lipinski definition) is 0. The second-order valence-electron chi connectivity index (χ2n) is 6.80. The SMILES string of the molecule is CCOCC[C@@H]1CCOC12CN(C(=O)Cc1ccc(C)cc1)C2. The van der Waals surface area contributed by atoms with E-state index in [2.05, 4.69) is 19.1 Å². The Hall–Kier alpha value is -1.39. The number of hydrogen-bond acceptors (Lipinski definition) is 3. The van der Waals surface area contributed by atoms with E-state index in [1.807, 2.05) is 24.0 Å². The Balaban J connectivity index is 1.51. The van der Waals surface area contributed by atoms with Crippen LogP contribution in [0.4, 0.5) is 0 Å². The minimum absolute atomic E-state index is 0.0972. The van der Waals surface area contributed by atoms with Gasteiger partial charge in [0, 0.05) is 19.8 Å². The maximum absolute atomic E-state index is 12.4. The summed E-state index contributed by atoms with van der Waals surface area (Å²) in [6.07, 6.45) is 2.61. The number of carbonyl (C=O) groups excluding carboxylic acids is 1. The Bertz CT molecular complexity index is 534. The van der Waals surface area contributed by atoms with Gasteiger partial charge in [0.2, 0.25) is 5.91 Å². The first-order chi connectivity index (χ1) is 11.1. The lowest BCUT2D eigenvalue weighted by atomic mass is 9.79. The summed E-state index contributed by atoms with van der Waals surface area (Å²) in [4.78, 5) is 14.4. The zero-order valence-electron chi connectivity index (χ0n) is 14.2. The van der Waals surface area contributed by atoms with E-state index < -0.39 is 0 Å². The Labute approximate surface area is 138 Å². The average molecular weight is 317 g/mol. The molecule has 2 aliphatic heterocycles. The third kappa shape index (κ3) is 3.59. The van der Waals surface area contributed by atoms with E-state index >= 15 is 0 Å². The average Bonchev–Trinajstić information content (AvgIpc) is 2.92. The lowest BCUT2D eigenvalue weighted by molar-refractivity contribution is -0.165. The highest BCUT2D eigenvalue weighted by atomic mass is 16.5. The molecule has 3 rings (SSSR count). The molecule has 2 saturated heterocycles. The maximum atomic E-state index is 12.4. The predicted molar refractivity (Wildman–Crippen MR) is 89.4 cm³/mol. The number of benzene rings is 1. The molecular weight excluding hydrogens is 290 g/mol. The van der Waals surface area contributed by atoms with Gasteiger partial charge in [-0.25, -0.2) is 0 Å². The smallest absolute Gasteiger partial charge is 0.227 e. The van der Waals surface area contributed by atoms with E-state index in [9.17, 15) is 4.79 Å². The zero-order chi connectivity index (χ0) is 16.3. The fraction of sp³-hybridized carbons (Fsp3) is 0.632. The van der Waals surface area contributed by atoms with Gasteiger partial charge >= 0.3 is 0 Å². The van der Waals surface area contributed by atoms with Crippen molar-refractivity contribution in [2.24, 2.45) is 5.92 Å². The third-order valence-corrected chi connectivity index (χ3v) is 5.16. The van der Waals surface area contributed by atoms with E-state index in [-0.39, 0.29) is 11.5 Å². The quantitative estimate of drug-likeness (QED) is 0.757. The Morgan fingerprint density at radius 2 is 2.09 bits per heavy atom. The van der Waals surface area contributed by atoms with E-state index in [4.69, 9.17) is 9.47 Å². The predicted octanol–water partition coefficient (Wildman–Crippen LogP) is 2.58. The lowest BCUT2D eigenvalue weighted by Crippen LogP contribution is -2.66. The molecule has 23 heavy (non-hydrogen) atoms. The summed E-state index contributed by atoms with van der Waals surface area (Å²) < 4.78 is 11.5. The summed E-state index contributed by atoms with van der Waals surface area (Å²) in [6, 6.07) is 8.20. The van der Waals surface area contributed by atoms with Crippen LogP contribution >= 0.6 is 0 Å². The molecule has 0 bridgehead atoms. The number of likely N-dealkylation sites (tertiary alicyclic amines) is 1. The first-order valence-electron chi connectivity index (χ1n) is 8.68. The molecule has 1 atom stereocenters. The molecule has 0 unspecified atom stereocenters. The van der Waals surface area contributed by atoms with Crippen molar-refractivity contribution in [3.8, 4) is 0 Å². The molecule has 0 saturated carbocycles. The van der Waals surface area contributed by atoms with Crippen LogP contribution in [0.5, 0.6) is 0 Å². The van der Waals surface area contributed by atoms with Gasteiger partial charge in [0.25, 0.3) is 0 Å². The van der Waals surface area contributed by atoms with Gasteiger partial charge in [-0.1, -0.05) is 29.8 Å². The number of aryl methyl sites for hydroxylation is 1. The highest BCUT2D eigenvalue weighted by Crippen LogP contribution is 2.41. The molecular formula is C19H27NO3. The molecule has 0 radical (unpaired) electrons. The zero-order valence-corrected chi connectivity index (χ0v) is 14.2. The normalized spacial score (nSPS) is 22.3.